The van der Waals surface area contributed by atoms with Crippen molar-refractivity contribution in [2.24, 2.45) is 5.73 Å². The van der Waals surface area contributed by atoms with Gasteiger partial charge >= 0.3 is 0 Å². The molecule has 0 aliphatic rings. The Kier molecular flexibility index (Phi) is 5.28. The molecular formula is C13H20FNO2S. The Morgan fingerprint density at radius 3 is 2.61 bits per heavy atom. The molecule has 3 nitrogen and oxygen atoms in total. The van der Waals surface area contributed by atoms with Gasteiger partial charge in [0.2, 0.25) is 0 Å². The van der Waals surface area contributed by atoms with Gasteiger partial charge < -0.3 is 5.73 Å². The van der Waals surface area contributed by atoms with Gasteiger partial charge in [0.15, 0.2) is 0 Å². The number of nitrogens with two attached hydrogens (primary N) is 1. The van der Waals surface area contributed by atoms with Crippen LogP contribution in [0.15, 0.2) is 18.2 Å². The average Bonchev–Trinajstić information content (AvgIpc) is 2.28. The molecule has 2 N–H and O–H groups in total. The lowest BCUT2D eigenvalue weighted by Crippen LogP contribution is -2.15. The van der Waals surface area contributed by atoms with E-state index in [0.29, 0.717) is 12.8 Å². The molecule has 1 aromatic carbocycles. The van der Waals surface area contributed by atoms with E-state index >= 15 is 0 Å². The molecule has 1 atom stereocenters. The Morgan fingerprint density at radius 2 is 2.06 bits per heavy atom. The van der Waals surface area contributed by atoms with Crippen LogP contribution in [-0.4, -0.2) is 19.9 Å². The van der Waals surface area contributed by atoms with E-state index in [1.807, 2.05) is 0 Å². The van der Waals surface area contributed by atoms with Crippen molar-refractivity contribution in [1.29, 1.82) is 0 Å². The van der Waals surface area contributed by atoms with Crippen LogP contribution in [0.2, 0.25) is 0 Å². The molecule has 0 fully saturated rings. The van der Waals surface area contributed by atoms with Crippen LogP contribution in [0.25, 0.3) is 0 Å². The predicted octanol–water partition coefficient (Wildman–Crippen LogP) is 2.35. The first kappa shape index (κ1) is 15.1. The smallest absolute Gasteiger partial charge is 0.150 e. The van der Waals surface area contributed by atoms with Crippen molar-refractivity contribution in [1.82, 2.24) is 0 Å². The molecule has 0 heterocycles. The Morgan fingerprint density at radius 1 is 1.39 bits per heavy atom. The Balaban J connectivity index is 2.58. The summed E-state index contributed by atoms with van der Waals surface area (Å²) in [6.07, 6.45) is 1.12. The first-order valence-corrected chi connectivity index (χ1v) is 7.90. The van der Waals surface area contributed by atoms with Crippen LogP contribution >= 0.6 is 0 Å². The lowest BCUT2D eigenvalue weighted by molar-refractivity contribution is 0.582. The minimum Gasteiger partial charge on any atom is -0.324 e. The fourth-order valence-electron chi connectivity index (χ4n) is 1.88. The number of halogens is 1. The Hall–Kier alpha value is -0.940. The molecule has 1 aromatic rings. The lowest BCUT2D eigenvalue weighted by Gasteiger charge is -2.14. The van der Waals surface area contributed by atoms with Gasteiger partial charge in [-0.15, -0.1) is 0 Å². The third kappa shape index (κ3) is 4.38. The van der Waals surface area contributed by atoms with Gasteiger partial charge in [0.1, 0.15) is 15.7 Å². The van der Waals surface area contributed by atoms with E-state index in [1.54, 1.807) is 19.9 Å². The number of aryl methyl sites for hydroxylation is 1. The van der Waals surface area contributed by atoms with Crippen LogP contribution in [-0.2, 0) is 9.84 Å². The molecule has 0 radical (unpaired) electrons. The second-order valence-corrected chi connectivity index (χ2v) is 6.96. The van der Waals surface area contributed by atoms with Gasteiger partial charge in [-0.3, -0.25) is 0 Å². The fourth-order valence-corrected chi connectivity index (χ4v) is 2.77. The summed E-state index contributed by atoms with van der Waals surface area (Å²) in [4.78, 5) is 0. The maximum absolute atomic E-state index is 12.9. The van der Waals surface area contributed by atoms with Crippen LogP contribution in [0.3, 0.4) is 0 Å². The van der Waals surface area contributed by atoms with Gasteiger partial charge in [-0.05, 0) is 43.0 Å². The van der Waals surface area contributed by atoms with Crippen molar-refractivity contribution in [2.45, 2.75) is 32.7 Å². The van der Waals surface area contributed by atoms with E-state index in [2.05, 4.69) is 0 Å². The van der Waals surface area contributed by atoms with Crippen LogP contribution in [0.5, 0.6) is 0 Å². The molecule has 0 amide bonds. The first-order valence-electron chi connectivity index (χ1n) is 6.08. The summed E-state index contributed by atoms with van der Waals surface area (Å²) in [5.74, 6) is 0.0481. The second-order valence-electron chi connectivity index (χ2n) is 4.49. The van der Waals surface area contributed by atoms with E-state index in [1.165, 1.54) is 12.1 Å². The first-order chi connectivity index (χ1) is 8.35. The Labute approximate surface area is 108 Å². The highest BCUT2D eigenvalue weighted by Crippen LogP contribution is 2.20. The summed E-state index contributed by atoms with van der Waals surface area (Å²) in [7, 11) is -2.93. The summed E-state index contributed by atoms with van der Waals surface area (Å²) >= 11 is 0. The van der Waals surface area contributed by atoms with E-state index in [-0.39, 0.29) is 23.4 Å². The van der Waals surface area contributed by atoms with Crippen molar-refractivity contribution < 1.29 is 12.8 Å². The van der Waals surface area contributed by atoms with Crippen molar-refractivity contribution in [3.05, 3.63) is 35.1 Å². The SMILES string of the molecule is CCS(=O)(=O)CCCC(N)c1ccc(F)cc1C. The van der Waals surface area contributed by atoms with Gasteiger partial charge in [-0.25, -0.2) is 12.8 Å². The summed E-state index contributed by atoms with van der Waals surface area (Å²) in [6.45, 7) is 3.44. The van der Waals surface area contributed by atoms with Crippen molar-refractivity contribution in [3.63, 3.8) is 0 Å². The molecule has 102 valence electrons. The van der Waals surface area contributed by atoms with E-state index < -0.39 is 9.84 Å². The molecule has 0 bridgehead atoms. The number of hydrogen-bond donors (Lipinski definition) is 1. The lowest BCUT2D eigenvalue weighted by atomic mass is 9.98. The summed E-state index contributed by atoms with van der Waals surface area (Å²) in [6, 6.07) is 4.25. The molecule has 0 saturated heterocycles. The molecule has 0 aliphatic heterocycles. The largest absolute Gasteiger partial charge is 0.324 e. The van der Waals surface area contributed by atoms with Crippen LogP contribution in [0.4, 0.5) is 4.39 Å². The minimum atomic E-state index is -2.93. The highest BCUT2D eigenvalue weighted by molar-refractivity contribution is 7.91. The maximum Gasteiger partial charge on any atom is 0.150 e. The van der Waals surface area contributed by atoms with E-state index in [9.17, 15) is 12.8 Å². The number of benzene rings is 1. The van der Waals surface area contributed by atoms with Gasteiger partial charge in [-0.2, -0.15) is 0 Å². The summed E-state index contributed by atoms with van der Waals surface area (Å²) < 4.78 is 35.6. The highest BCUT2D eigenvalue weighted by Gasteiger charge is 2.12. The topological polar surface area (TPSA) is 60.2 Å². The average molecular weight is 273 g/mol. The van der Waals surface area contributed by atoms with E-state index in [4.69, 9.17) is 5.73 Å². The second kappa shape index (κ2) is 6.29. The zero-order valence-corrected chi connectivity index (χ0v) is 11.6. The highest BCUT2D eigenvalue weighted by atomic mass is 32.2. The summed E-state index contributed by atoms with van der Waals surface area (Å²) in [5.41, 5.74) is 7.69. The fraction of sp³-hybridized carbons (Fsp3) is 0.538. The standard InChI is InChI=1S/C13H20FNO2S/c1-3-18(16,17)8-4-5-13(15)12-7-6-11(14)9-10(12)2/h6-7,9,13H,3-5,8,15H2,1-2H3. The zero-order valence-electron chi connectivity index (χ0n) is 10.8. The van der Waals surface area contributed by atoms with Crippen molar-refractivity contribution >= 4 is 9.84 Å². The van der Waals surface area contributed by atoms with Gasteiger partial charge in [0.05, 0.1) is 5.75 Å². The number of sulfone groups is 1. The molecule has 5 heteroatoms. The molecule has 0 saturated carbocycles. The molecule has 18 heavy (non-hydrogen) atoms. The number of hydrogen-bond acceptors (Lipinski definition) is 3. The minimum absolute atomic E-state index is 0.164. The van der Waals surface area contributed by atoms with Crippen LogP contribution in [0, 0.1) is 12.7 Å². The Bertz CT molecular complexity index is 500. The third-order valence-corrected chi connectivity index (χ3v) is 4.83. The van der Waals surface area contributed by atoms with E-state index in [0.717, 1.165) is 11.1 Å². The van der Waals surface area contributed by atoms with Crippen molar-refractivity contribution in [3.8, 4) is 0 Å². The van der Waals surface area contributed by atoms with Crippen LogP contribution < -0.4 is 5.73 Å². The number of rotatable bonds is 6. The molecule has 0 aromatic heterocycles. The van der Waals surface area contributed by atoms with Crippen LogP contribution in [0.1, 0.15) is 36.9 Å². The zero-order chi connectivity index (χ0) is 13.8. The van der Waals surface area contributed by atoms with Gasteiger partial charge in [0.25, 0.3) is 0 Å². The molecule has 0 aliphatic carbocycles. The van der Waals surface area contributed by atoms with Gasteiger partial charge in [0, 0.05) is 11.8 Å². The normalized spacial score (nSPS) is 13.6. The predicted molar refractivity (Wildman–Crippen MR) is 71.6 cm³/mol. The molecule has 1 unspecified atom stereocenters. The van der Waals surface area contributed by atoms with Gasteiger partial charge in [-0.1, -0.05) is 13.0 Å². The summed E-state index contributed by atoms with van der Waals surface area (Å²) in [5, 5.41) is 0. The molecule has 0 spiro atoms. The molecular weight excluding hydrogens is 253 g/mol. The third-order valence-electron chi connectivity index (χ3n) is 3.04. The van der Waals surface area contributed by atoms with Crippen molar-refractivity contribution in [2.75, 3.05) is 11.5 Å². The monoisotopic (exact) mass is 273 g/mol. The molecule has 1 rings (SSSR count). The quantitative estimate of drug-likeness (QED) is 0.865. The maximum atomic E-state index is 12.9.